The molecule has 146 valence electrons. The van der Waals surface area contributed by atoms with Crippen molar-refractivity contribution in [1.29, 1.82) is 0 Å². The number of ketones is 1. The smallest absolute Gasteiger partial charge is 0.158 e. The topological polar surface area (TPSA) is 84.3 Å². The molecule has 1 heterocycles. The summed E-state index contributed by atoms with van der Waals surface area (Å²) in [4.78, 5) is 19.6. The van der Waals surface area contributed by atoms with Gasteiger partial charge in [-0.1, -0.05) is 11.6 Å². The number of aromatic nitrogens is 2. The molecule has 0 aliphatic rings. The summed E-state index contributed by atoms with van der Waals surface area (Å²) in [5.41, 5.74) is 1.33. The minimum Gasteiger partial charge on any atom is -0.494 e. The number of hydrogen-bond acceptors (Lipinski definition) is 6. The molecule has 1 aromatic heterocycles. The zero-order valence-corrected chi connectivity index (χ0v) is 15.7. The van der Waals surface area contributed by atoms with E-state index < -0.39 is 12.4 Å². The van der Waals surface area contributed by atoms with Crippen molar-refractivity contribution in [3.05, 3.63) is 53.6 Å². The first kappa shape index (κ1) is 20.0. The Balaban J connectivity index is 1.70. The Kier molecular flexibility index (Phi) is 6.73. The Labute approximate surface area is 166 Å². The van der Waals surface area contributed by atoms with Crippen molar-refractivity contribution < 1.29 is 19.0 Å². The lowest BCUT2D eigenvalue weighted by Gasteiger charge is -2.11. The summed E-state index contributed by atoms with van der Waals surface area (Å²) in [6.45, 7) is 0.0365. The van der Waals surface area contributed by atoms with E-state index in [1.807, 2.05) is 18.2 Å². The van der Waals surface area contributed by atoms with Crippen LogP contribution in [0.5, 0.6) is 5.75 Å². The average molecular weight is 404 g/mol. The zero-order chi connectivity index (χ0) is 19.9. The van der Waals surface area contributed by atoms with E-state index in [4.69, 9.17) is 21.4 Å². The molecule has 0 saturated heterocycles. The van der Waals surface area contributed by atoms with Crippen LogP contribution in [0, 0.1) is 5.82 Å². The van der Waals surface area contributed by atoms with E-state index in [2.05, 4.69) is 15.3 Å². The second-order valence-electron chi connectivity index (χ2n) is 6.16. The fraction of sp³-hybridized carbons (Fsp3) is 0.250. The van der Waals surface area contributed by atoms with E-state index in [9.17, 15) is 9.18 Å². The van der Waals surface area contributed by atoms with E-state index in [0.29, 0.717) is 43.1 Å². The summed E-state index contributed by atoms with van der Waals surface area (Å²) >= 11 is 5.83. The van der Waals surface area contributed by atoms with Gasteiger partial charge in [-0.05, 0) is 49.2 Å². The Hall–Kier alpha value is -2.77. The predicted octanol–water partition coefficient (Wildman–Crippen LogP) is 4.28. The van der Waals surface area contributed by atoms with Crippen molar-refractivity contribution >= 4 is 39.8 Å². The molecule has 3 aromatic rings. The first-order valence-corrected chi connectivity index (χ1v) is 9.17. The SMILES string of the molecule is O=C(CO)CCCCOc1ccc2ncnc(Nc3ccc(F)c(Cl)c3)c2c1. The van der Waals surface area contributed by atoms with Crippen LogP contribution < -0.4 is 10.1 Å². The van der Waals surface area contributed by atoms with Crippen LogP contribution in [0.4, 0.5) is 15.9 Å². The van der Waals surface area contributed by atoms with Crippen LogP contribution in [0.2, 0.25) is 5.02 Å². The zero-order valence-electron chi connectivity index (χ0n) is 15.0. The predicted molar refractivity (Wildman–Crippen MR) is 106 cm³/mol. The number of benzene rings is 2. The highest BCUT2D eigenvalue weighted by Gasteiger charge is 2.08. The maximum atomic E-state index is 13.3. The highest BCUT2D eigenvalue weighted by molar-refractivity contribution is 6.31. The van der Waals surface area contributed by atoms with Gasteiger partial charge in [-0.15, -0.1) is 0 Å². The van der Waals surface area contributed by atoms with Crippen molar-refractivity contribution in [2.75, 3.05) is 18.5 Å². The maximum Gasteiger partial charge on any atom is 0.158 e. The quantitative estimate of drug-likeness (QED) is 0.519. The molecule has 28 heavy (non-hydrogen) atoms. The van der Waals surface area contributed by atoms with Gasteiger partial charge in [0.1, 0.15) is 30.3 Å². The fourth-order valence-corrected chi connectivity index (χ4v) is 2.81. The summed E-state index contributed by atoms with van der Waals surface area (Å²) in [6, 6.07) is 9.80. The van der Waals surface area contributed by atoms with E-state index in [1.54, 1.807) is 6.07 Å². The van der Waals surface area contributed by atoms with Crippen LogP contribution in [-0.2, 0) is 4.79 Å². The molecule has 6 nitrogen and oxygen atoms in total. The normalized spacial score (nSPS) is 10.8. The molecule has 2 aromatic carbocycles. The Morgan fingerprint density at radius 2 is 2.04 bits per heavy atom. The Morgan fingerprint density at radius 1 is 1.18 bits per heavy atom. The van der Waals surface area contributed by atoms with Crippen LogP contribution in [0.15, 0.2) is 42.7 Å². The number of aliphatic hydroxyl groups excluding tert-OH is 1. The van der Waals surface area contributed by atoms with Crippen molar-refractivity contribution in [2.45, 2.75) is 19.3 Å². The average Bonchev–Trinajstić information content (AvgIpc) is 2.70. The number of fused-ring (bicyclic) bond motifs is 1. The molecule has 0 spiro atoms. The number of aliphatic hydroxyl groups is 1. The molecule has 0 atom stereocenters. The van der Waals surface area contributed by atoms with Crippen LogP contribution in [0.1, 0.15) is 19.3 Å². The third kappa shape index (κ3) is 5.15. The standard InChI is InChI=1S/C20H19ClFN3O3/c21-17-9-13(4-6-18(17)22)25-20-16-10-15(5-7-19(16)23-12-24-20)28-8-2-1-3-14(27)11-26/h4-7,9-10,12,26H,1-3,8,11H2,(H,23,24,25). The molecule has 8 heteroatoms. The Bertz CT molecular complexity index is 984. The summed E-state index contributed by atoms with van der Waals surface area (Å²) in [7, 11) is 0. The highest BCUT2D eigenvalue weighted by atomic mass is 35.5. The second kappa shape index (κ2) is 9.43. The van der Waals surface area contributed by atoms with E-state index in [1.165, 1.54) is 18.5 Å². The number of ether oxygens (including phenoxy) is 1. The first-order chi connectivity index (χ1) is 13.6. The summed E-state index contributed by atoms with van der Waals surface area (Å²) < 4.78 is 19.1. The Morgan fingerprint density at radius 3 is 2.82 bits per heavy atom. The van der Waals surface area contributed by atoms with Gasteiger partial charge in [0, 0.05) is 17.5 Å². The molecule has 3 rings (SSSR count). The molecule has 0 aliphatic carbocycles. The largest absolute Gasteiger partial charge is 0.494 e. The monoisotopic (exact) mass is 403 g/mol. The third-order valence-electron chi connectivity index (χ3n) is 4.08. The number of anilines is 2. The van der Waals surface area contributed by atoms with Gasteiger partial charge < -0.3 is 15.2 Å². The number of hydrogen-bond donors (Lipinski definition) is 2. The molecule has 0 unspecified atom stereocenters. The van der Waals surface area contributed by atoms with Crippen molar-refractivity contribution in [3.63, 3.8) is 0 Å². The van der Waals surface area contributed by atoms with Crippen LogP contribution in [-0.4, -0.2) is 34.1 Å². The lowest BCUT2D eigenvalue weighted by atomic mass is 10.2. The minimum atomic E-state index is -0.490. The molecule has 0 amide bonds. The van der Waals surface area contributed by atoms with Gasteiger partial charge in [-0.2, -0.15) is 0 Å². The second-order valence-corrected chi connectivity index (χ2v) is 6.56. The van der Waals surface area contributed by atoms with Gasteiger partial charge in [0.25, 0.3) is 0 Å². The van der Waals surface area contributed by atoms with Gasteiger partial charge in [0.2, 0.25) is 0 Å². The summed E-state index contributed by atoms with van der Waals surface area (Å²) in [5.74, 6) is 0.540. The molecular formula is C20H19ClFN3O3. The molecule has 0 fully saturated rings. The van der Waals surface area contributed by atoms with Crippen molar-refractivity contribution in [3.8, 4) is 5.75 Å². The number of carbonyl (C=O) groups excluding carboxylic acids is 1. The van der Waals surface area contributed by atoms with Crippen LogP contribution in [0.25, 0.3) is 10.9 Å². The molecule has 2 N–H and O–H groups in total. The van der Waals surface area contributed by atoms with E-state index in [0.717, 1.165) is 10.9 Å². The number of Topliss-reactive ketones (excluding diaryl/α,β-unsaturated/α-hetero) is 1. The van der Waals surface area contributed by atoms with Crippen LogP contribution >= 0.6 is 11.6 Å². The minimum absolute atomic E-state index is 0.0204. The maximum absolute atomic E-state index is 13.3. The summed E-state index contributed by atoms with van der Waals surface area (Å²) in [6.07, 6.45) is 3.15. The molecule has 0 bridgehead atoms. The van der Waals surface area contributed by atoms with Gasteiger partial charge in [0.05, 0.1) is 17.1 Å². The van der Waals surface area contributed by atoms with Crippen molar-refractivity contribution in [1.82, 2.24) is 9.97 Å². The number of nitrogens with zero attached hydrogens (tertiary/aromatic N) is 2. The number of halogens is 2. The van der Waals surface area contributed by atoms with Gasteiger partial charge in [-0.25, -0.2) is 14.4 Å². The fourth-order valence-electron chi connectivity index (χ4n) is 2.63. The lowest BCUT2D eigenvalue weighted by molar-refractivity contribution is -0.121. The highest BCUT2D eigenvalue weighted by Crippen LogP contribution is 2.28. The molecule has 0 saturated carbocycles. The van der Waals surface area contributed by atoms with E-state index in [-0.39, 0.29) is 10.8 Å². The van der Waals surface area contributed by atoms with Crippen LogP contribution in [0.3, 0.4) is 0 Å². The number of carbonyl (C=O) groups is 1. The number of unbranched alkanes of at least 4 members (excludes halogenated alkanes) is 1. The third-order valence-corrected chi connectivity index (χ3v) is 4.37. The van der Waals surface area contributed by atoms with Gasteiger partial charge in [0.15, 0.2) is 5.78 Å². The number of nitrogens with one attached hydrogen (secondary N) is 1. The molecule has 0 radical (unpaired) electrons. The first-order valence-electron chi connectivity index (χ1n) is 8.79. The molecular weight excluding hydrogens is 385 g/mol. The van der Waals surface area contributed by atoms with E-state index >= 15 is 0 Å². The van der Waals surface area contributed by atoms with Gasteiger partial charge in [-0.3, -0.25) is 4.79 Å². The molecule has 0 aliphatic heterocycles. The summed E-state index contributed by atoms with van der Waals surface area (Å²) in [5, 5.41) is 12.6. The van der Waals surface area contributed by atoms with Gasteiger partial charge >= 0.3 is 0 Å². The van der Waals surface area contributed by atoms with Crippen molar-refractivity contribution in [2.24, 2.45) is 0 Å². The lowest BCUT2D eigenvalue weighted by Crippen LogP contribution is -2.04. The number of rotatable bonds is 9.